The molecule has 0 amide bonds. The SMILES string of the molecule is C[CH+]CCOC(C)CCN1/C(=C/C=C2\CCC(/C=C/C3=[N+](CCC(C)OS(=O)(=O)O)c4ccc(O)cc4C3(C)C)=C2Cl)C(C)(C)c2cc(Br)ccc21. The first-order chi connectivity index (χ1) is 24.4. The average Bonchev–Trinajstić information content (AvgIpc) is 3.59. The molecule has 0 aromatic heterocycles. The number of hydrogen-bond donors (Lipinski definition) is 2. The lowest BCUT2D eigenvalue weighted by atomic mass is 9.81. The first-order valence-corrected chi connectivity index (χ1v) is 20.6. The second-order valence-electron chi connectivity index (χ2n) is 15.0. The highest BCUT2D eigenvalue weighted by molar-refractivity contribution is 9.10. The molecule has 0 saturated carbocycles. The molecule has 2 heterocycles. The van der Waals surface area contributed by atoms with Crippen molar-refractivity contribution >= 4 is 55.0 Å². The molecule has 0 radical (unpaired) electrons. The number of anilines is 1. The molecular weight excluding hydrogens is 764 g/mol. The van der Waals surface area contributed by atoms with Crippen LogP contribution in [0.2, 0.25) is 0 Å². The maximum Gasteiger partial charge on any atom is 0.397 e. The minimum atomic E-state index is -4.56. The zero-order valence-electron chi connectivity index (χ0n) is 31.2. The number of allylic oxidation sites excluding steroid dienone is 8. The van der Waals surface area contributed by atoms with Crippen LogP contribution in [0.4, 0.5) is 11.4 Å². The minimum Gasteiger partial charge on any atom is -0.508 e. The Morgan fingerprint density at radius 2 is 1.77 bits per heavy atom. The predicted octanol–water partition coefficient (Wildman–Crippen LogP) is 9.99. The fraction of sp³-hybridized carbons (Fsp3) is 0.463. The van der Waals surface area contributed by atoms with Crippen molar-refractivity contribution in [3.05, 3.63) is 105 Å². The molecule has 2 N–H and O–H groups in total. The number of halogens is 2. The van der Waals surface area contributed by atoms with Gasteiger partial charge in [-0.05, 0) is 100 Å². The monoisotopic (exact) mass is 814 g/mol. The molecule has 2 aliphatic heterocycles. The van der Waals surface area contributed by atoms with E-state index in [-0.39, 0.29) is 17.3 Å². The number of rotatable bonds is 15. The Bertz CT molecular complexity index is 1950. The highest BCUT2D eigenvalue weighted by Gasteiger charge is 2.45. The summed E-state index contributed by atoms with van der Waals surface area (Å²) in [5, 5.41) is 11.1. The second-order valence-corrected chi connectivity index (χ2v) is 17.3. The number of phenols is 1. The van der Waals surface area contributed by atoms with Gasteiger partial charge in [0.15, 0.2) is 12.3 Å². The number of aromatic hydroxyl groups is 1. The van der Waals surface area contributed by atoms with Gasteiger partial charge < -0.3 is 14.7 Å². The van der Waals surface area contributed by atoms with Crippen LogP contribution in [0.3, 0.4) is 0 Å². The summed E-state index contributed by atoms with van der Waals surface area (Å²) in [6.45, 7) is 16.6. The van der Waals surface area contributed by atoms with E-state index >= 15 is 0 Å². The standard InChI is InChI=1S/C41H50BrClN2O6S/c1-8-9-24-50-27(2)20-22-44-35-16-14-31(42)25-33(35)40(4,5)37(44)18-12-29-10-11-30(39(29)43)13-19-38-41(6,7)34-26-32(46)15-17-36(34)45(38)23-21-28(3)51-52(47,48)49/h8,12-19,25-28H,9-11,20-24H2,1-7H3/p+2. The molecule has 0 saturated heterocycles. The van der Waals surface area contributed by atoms with Gasteiger partial charge in [-0.15, -0.1) is 0 Å². The summed E-state index contributed by atoms with van der Waals surface area (Å²) in [7, 11) is -4.56. The second kappa shape index (κ2) is 16.2. The molecule has 2 aromatic carbocycles. The first-order valence-electron chi connectivity index (χ1n) is 18.0. The van der Waals surface area contributed by atoms with Gasteiger partial charge in [-0.25, -0.2) is 4.18 Å². The van der Waals surface area contributed by atoms with Crippen LogP contribution in [0.5, 0.6) is 5.75 Å². The van der Waals surface area contributed by atoms with Crippen LogP contribution < -0.4 is 4.90 Å². The number of ether oxygens (including phenoxy) is 1. The summed E-state index contributed by atoms with van der Waals surface area (Å²) in [5.41, 5.74) is 8.08. The van der Waals surface area contributed by atoms with E-state index < -0.39 is 21.9 Å². The van der Waals surface area contributed by atoms with Crippen LogP contribution in [0.1, 0.15) is 91.7 Å². The third-order valence-corrected chi connectivity index (χ3v) is 12.0. The molecular formula is C41H52BrClN2O6S+2. The van der Waals surface area contributed by atoms with Gasteiger partial charge in [-0.3, -0.25) is 4.55 Å². The quantitative estimate of drug-likeness (QED) is 0.0800. The summed E-state index contributed by atoms with van der Waals surface area (Å²) >= 11 is 10.8. The molecule has 5 rings (SSSR count). The lowest BCUT2D eigenvalue weighted by molar-refractivity contribution is -0.439. The molecule has 3 aliphatic rings. The Hall–Kier alpha value is -2.86. The van der Waals surface area contributed by atoms with Crippen molar-refractivity contribution in [2.75, 3.05) is 24.6 Å². The maximum absolute atomic E-state index is 11.3. The Kier molecular flexibility index (Phi) is 12.6. The number of unbranched alkanes of at least 4 members (excludes halogenated alkanes) is 1. The molecule has 2 atom stereocenters. The van der Waals surface area contributed by atoms with Crippen molar-refractivity contribution in [1.29, 1.82) is 0 Å². The minimum absolute atomic E-state index is 0.147. The fourth-order valence-electron chi connectivity index (χ4n) is 7.51. The lowest BCUT2D eigenvalue weighted by Gasteiger charge is -2.28. The van der Waals surface area contributed by atoms with Crippen LogP contribution in [0.25, 0.3) is 0 Å². The highest BCUT2D eigenvalue weighted by Crippen LogP contribution is 2.49. The average molecular weight is 816 g/mol. The van der Waals surface area contributed by atoms with Gasteiger partial charge in [0.2, 0.25) is 5.69 Å². The van der Waals surface area contributed by atoms with Crippen molar-refractivity contribution in [2.45, 2.75) is 104 Å². The van der Waals surface area contributed by atoms with E-state index in [9.17, 15) is 18.1 Å². The molecule has 0 spiro atoms. The van der Waals surface area contributed by atoms with Crippen LogP contribution in [0.15, 0.2) is 87.1 Å². The summed E-state index contributed by atoms with van der Waals surface area (Å²) in [5.74, 6) is 0.179. The van der Waals surface area contributed by atoms with Crippen molar-refractivity contribution in [1.82, 2.24) is 0 Å². The Balaban J connectivity index is 1.43. The highest BCUT2D eigenvalue weighted by atomic mass is 79.9. The third-order valence-electron chi connectivity index (χ3n) is 10.5. The van der Waals surface area contributed by atoms with Crippen molar-refractivity contribution < 1.29 is 31.6 Å². The van der Waals surface area contributed by atoms with Gasteiger partial charge in [0.1, 0.15) is 12.2 Å². The van der Waals surface area contributed by atoms with Crippen LogP contribution in [-0.2, 0) is 30.1 Å². The van der Waals surface area contributed by atoms with E-state index in [1.165, 1.54) is 16.9 Å². The van der Waals surface area contributed by atoms with E-state index in [0.29, 0.717) is 13.0 Å². The van der Waals surface area contributed by atoms with Gasteiger partial charge in [0, 0.05) is 57.0 Å². The molecule has 2 unspecified atom stereocenters. The normalized spacial score (nSPS) is 20.8. The number of fused-ring (bicyclic) bond motifs is 2. The van der Waals surface area contributed by atoms with E-state index in [1.807, 2.05) is 6.07 Å². The van der Waals surface area contributed by atoms with E-state index in [2.05, 4.69) is 116 Å². The van der Waals surface area contributed by atoms with Crippen molar-refractivity contribution in [3.8, 4) is 5.75 Å². The molecule has 0 fully saturated rings. The molecule has 52 heavy (non-hydrogen) atoms. The molecule has 280 valence electrons. The fourth-order valence-corrected chi connectivity index (χ4v) is 8.70. The Morgan fingerprint density at radius 3 is 2.48 bits per heavy atom. The lowest BCUT2D eigenvalue weighted by Crippen LogP contribution is -2.29. The molecule has 11 heteroatoms. The molecule has 0 bridgehead atoms. The summed E-state index contributed by atoms with van der Waals surface area (Å²) in [4.78, 5) is 2.43. The molecule has 1 aliphatic carbocycles. The Morgan fingerprint density at radius 1 is 1.02 bits per heavy atom. The van der Waals surface area contributed by atoms with E-state index in [0.717, 1.165) is 76.4 Å². The van der Waals surface area contributed by atoms with Crippen LogP contribution in [0, 0.1) is 6.42 Å². The molecule has 2 aromatic rings. The van der Waals surface area contributed by atoms with Gasteiger partial charge in [0.05, 0.1) is 37.6 Å². The van der Waals surface area contributed by atoms with Crippen molar-refractivity contribution in [3.63, 3.8) is 0 Å². The zero-order chi connectivity index (χ0) is 38.0. The Labute approximate surface area is 323 Å². The van der Waals surface area contributed by atoms with E-state index in [1.54, 1.807) is 19.1 Å². The maximum atomic E-state index is 11.3. The predicted molar refractivity (Wildman–Crippen MR) is 214 cm³/mol. The third kappa shape index (κ3) is 8.91. The van der Waals surface area contributed by atoms with Gasteiger partial charge in [-0.2, -0.15) is 13.0 Å². The van der Waals surface area contributed by atoms with Crippen LogP contribution in [-0.4, -0.2) is 60.3 Å². The van der Waals surface area contributed by atoms with Crippen LogP contribution >= 0.6 is 27.5 Å². The summed E-state index contributed by atoms with van der Waals surface area (Å²) in [6, 6.07) is 11.8. The topological polar surface area (TPSA) is 99.3 Å². The van der Waals surface area contributed by atoms with Gasteiger partial charge in [0.25, 0.3) is 0 Å². The van der Waals surface area contributed by atoms with E-state index in [4.69, 9.17) is 20.5 Å². The number of phenolic OH excluding ortho intramolecular Hbond substituents is 1. The first kappa shape index (κ1) is 40.3. The number of benzene rings is 2. The zero-order valence-corrected chi connectivity index (χ0v) is 34.4. The van der Waals surface area contributed by atoms with Gasteiger partial charge >= 0.3 is 10.4 Å². The van der Waals surface area contributed by atoms with Gasteiger partial charge in [-0.1, -0.05) is 53.5 Å². The number of nitrogens with zero attached hydrogens (tertiary/aromatic N) is 2. The summed E-state index contributed by atoms with van der Waals surface area (Å²) in [6.07, 6.45) is 14.0. The smallest absolute Gasteiger partial charge is 0.397 e. The summed E-state index contributed by atoms with van der Waals surface area (Å²) < 4.78 is 45.9. The largest absolute Gasteiger partial charge is 0.508 e. The van der Waals surface area contributed by atoms with Crippen molar-refractivity contribution in [2.24, 2.45) is 0 Å². The number of hydrogen-bond acceptors (Lipinski definition) is 6. The molecule has 8 nitrogen and oxygen atoms in total.